The minimum absolute atomic E-state index is 0.155. The summed E-state index contributed by atoms with van der Waals surface area (Å²) in [5.74, 6) is 0.631. The van der Waals surface area contributed by atoms with Crippen LogP contribution in [0.15, 0.2) is 60.9 Å². The Morgan fingerprint density at radius 3 is 2.32 bits per heavy atom. The maximum Gasteiger partial charge on any atom is 0.240 e. The first-order valence-electron chi connectivity index (χ1n) is 13.0. The van der Waals surface area contributed by atoms with Crippen LogP contribution < -0.4 is 10.5 Å². The molecule has 3 aromatic rings. The first-order chi connectivity index (χ1) is 17.6. The number of fused-ring (bicyclic) bond motifs is 1. The van der Waals surface area contributed by atoms with E-state index in [1.54, 1.807) is 11.1 Å². The average molecular weight is 508 g/mol. The van der Waals surface area contributed by atoms with Crippen LogP contribution in [0.5, 0.6) is 5.75 Å². The van der Waals surface area contributed by atoms with Crippen LogP contribution >= 0.6 is 0 Å². The molecule has 200 valence electrons. The standard InChI is InChI=1S/C30H41N3O4/c1-7-35-29(36-8-2)21(3)33(20-24-11-9-10-23-19-32-17-16-26(23)24)28(34)27(31)18-22-12-14-25(15-13-22)37-30(4,5)6/h9-17,19,21,27,29H,7-8,18,20,31H2,1-6H3/t21-,27-/m0/s1. The lowest BCUT2D eigenvalue weighted by molar-refractivity contribution is -0.179. The van der Waals surface area contributed by atoms with E-state index in [4.69, 9.17) is 19.9 Å². The van der Waals surface area contributed by atoms with Crippen LogP contribution in [0.25, 0.3) is 10.8 Å². The summed E-state index contributed by atoms with van der Waals surface area (Å²) in [7, 11) is 0. The van der Waals surface area contributed by atoms with E-state index in [0.717, 1.165) is 27.6 Å². The van der Waals surface area contributed by atoms with Gasteiger partial charge in [-0.2, -0.15) is 0 Å². The molecular formula is C30H41N3O4. The van der Waals surface area contributed by atoms with Crippen molar-refractivity contribution in [2.45, 2.75) is 78.5 Å². The van der Waals surface area contributed by atoms with Crippen LogP contribution in [0.3, 0.4) is 0 Å². The maximum absolute atomic E-state index is 13.8. The Kier molecular flexibility index (Phi) is 10.0. The first kappa shape index (κ1) is 28.6. The van der Waals surface area contributed by atoms with E-state index in [0.29, 0.717) is 26.2 Å². The molecule has 1 amide bonds. The van der Waals surface area contributed by atoms with Gasteiger partial charge in [0.05, 0.1) is 12.1 Å². The van der Waals surface area contributed by atoms with Gasteiger partial charge in [0.25, 0.3) is 0 Å². The van der Waals surface area contributed by atoms with Gasteiger partial charge in [-0.05, 0) is 82.7 Å². The van der Waals surface area contributed by atoms with Gasteiger partial charge in [0.1, 0.15) is 11.4 Å². The van der Waals surface area contributed by atoms with Crippen molar-refractivity contribution in [2.24, 2.45) is 5.73 Å². The summed E-state index contributed by atoms with van der Waals surface area (Å²) < 4.78 is 17.7. The van der Waals surface area contributed by atoms with Gasteiger partial charge < -0.3 is 24.8 Å². The largest absolute Gasteiger partial charge is 0.488 e. The van der Waals surface area contributed by atoms with Crippen LogP contribution in [0.4, 0.5) is 0 Å². The van der Waals surface area contributed by atoms with Gasteiger partial charge in [-0.1, -0.05) is 30.3 Å². The average Bonchev–Trinajstić information content (AvgIpc) is 2.86. The zero-order valence-electron chi connectivity index (χ0n) is 22.9. The lowest BCUT2D eigenvalue weighted by Crippen LogP contribution is -2.52. The highest BCUT2D eigenvalue weighted by molar-refractivity contribution is 5.86. The molecule has 2 aromatic carbocycles. The fourth-order valence-electron chi connectivity index (χ4n) is 4.34. The van der Waals surface area contributed by atoms with Crippen LogP contribution in [0, 0.1) is 0 Å². The molecule has 0 bridgehead atoms. The molecule has 7 nitrogen and oxygen atoms in total. The van der Waals surface area contributed by atoms with Crippen molar-refractivity contribution in [1.29, 1.82) is 0 Å². The van der Waals surface area contributed by atoms with E-state index in [-0.39, 0.29) is 17.6 Å². The van der Waals surface area contributed by atoms with E-state index in [1.807, 2.05) is 96.3 Å². The van der Waals surface area contributed by atoms with Gasteiger partial charge in [0.15, 0.2) is 6.29 Å². The Labute approximate surface area is 220 Å². The molecule has 0 aliphatic heterocycles. The second kappa shape index (κ2) is 13.0. The number of nitrogens with two attached hydrogens (primary N) is 1. The SMILES string of the molecule is CCOC(OCC)[C@H](C)N(Cc1cccc2cnccc12)C(=O)[C@@H](N)Cc1ccc(OC(C)(C)C)cc1. The van der Waals surface area contributed by atoms with Crippen LogP contribution in [0.2, 0.25) is 0 Å². The number of carbonyl (C=O) groups excluding carboxylic acids is 1. The zero-order valence-corrected chi connectivity index (χ0v) is 22.9. The van der Waals surface area contributed by atoms with Crippen LogP contribution in [-0.4, -0.2) is 53.0 Å². The maximum atomic E-state index is 13.8. The van der Waals surface area contributed by atoms with E-state index < -0.39 is 12.3 Å². The third kappa shape index (κ3) is 7.99. The van der Waals surface area contributed by atoms with E-state index in [2.05, 4.69) is 4.98 Å². The van der Waals surface area contributed by atoms with Gasteiger partial charge in [-0.15, -0.1) is 0 Å². The smallest absolute Gasteiger partial charge is 0.240 e. The molecule has 0 unspecified atom stereocenters. The summed E-state index contributed by atoms with van der Waals surface area (Å²) in [6.45, 7) is 13.2. The monoisotopic (exact) mass is 507 g/mol. The Balaban J connectivity index is 1.85. The van der Waals surface area contributed by atoms with Crippen molar-refractivity contribution in [3.8, 4) is 5.75 Å². The third-order valence-corrected chi connectivity index (χ3v) is 6.06. The van der Waals surface area contributed by atoms with Crippen molar-refractivity contribution < 1.29 is 19.0 Å². The van der Waals surface area contributed by atoms with Crippen molar-refractivity contribution in [3.63, 3.8) is 0 Å². The van der Waals surface area contributed by atoms with Gasteiger partial charge in [-0.3, -0.25) is 9.78 Å². The minimum Gasteiger partial charge on any atom is -0.488 e. The minimum atomic E-state index is -0.725. The summed E-state index contributed by atoms with van der Waals surface area (Å²) in [5, 5.41) is 2.07. The first-order valence-corrected chi connectivity index (χ1v) is 13.0. The van der Waals surface area contributed by atoms with Crippen LogP contribution in [-0.2, 0) is 27.2 Å². The summed E-state index contributed by atoms with van der Waals surface area (Å²) in [6, 6.07) is 14.7. The number of aromatic nitrogens is 1. The summed E-state index contributed by atoms with van der Waals surface area (Å²) in [6.07, 6.45) is 3.45. The number of hydrogen-bond donors (Lipinski definition) is 1. The number of benzene rings is 2. The van der Waals surface area contributed by atoms with E-state index in [9.17, 15) is 4.79 Å². The van der Waals surface area contributed by atoms with Crippen molar-refractivity contribution >= 4 is 16.7 Å². The second-order valence-electron chi connectivity index (χ2n) is 10.2. The molecule has 0 saturated carbocycles. The van der Waals surface area contributed by atoms with Gasteiger partial charge in [0, 0.05) is 37.5 Å². The topological polar surface area (TPSA) is 86.9 Å². The van der Waals surface area contributed by atoms with E-state index >= 15 is 0 Å². The predicted molar refractivity (Wildman–Crippen MR) is 147 cm³/mol. The lowest BCUT2D eigenvalue weighted by atomic mass is 10.0. The van der Waals surface area contributed by atoms with Gasteiger partial charge >= 0.3 is 0 Å². The fourth-order valence-corrected chi connectivity index (χ4v) is 4.34. The number of amides is 1. The molecule has 3 rings (SSSR count). The van der Waals surface area contributed by atoms with E-state index in [1.165, 1.54) is 0 Å². The Bertz CT molecular complexity index is 1130. The fraction of sp³-hybridized carbons (Fsp3) is 0.467. The molecule has 0 aliphatic carbocycles. The normalized spacial score (nSPS) is 13.5. The Hall–Kier alpha value is -3.00. The molecule has 37 heavy (non-hydrogen) atoms. The van der Waals surface area contributed by atoms with Gasteiger partial charge in [0.2, 0.25) is 5.91 Å². The quantitative estimate of drug-likeness (QED) is 0.343. The van der Waals surface area contributed by atoms with Crippen molar-refractivity contribution in [3.05, 3.63) is 72.1 Å². The van der Waals surface area contributed by atoms with Gasteiger partial charge in [-0.25, -0.2) is 0 Å². The highest BCUT2D eigenvalue weighted by Crippen LogP contribution is 2.23. The lowest BCUT2D eigenvalue weighted by Gasteiger charge is -2.36. The molecular weight excluding hydrogens is 466 g/mol. The molecule has 1 heterocycles. The number of ether oxygens (including phenoxy) is 3. The molecule has 2 atom stereocenters. The Morgan fingerprint density at radius 1 is 1.03 bits per heavy atom. The summed E-state index contributed by atoms with van der Waals surface area (Å²) >= 11 is 0. The van der Waals surface area contributed by atoms with Crippen molar-refractivity contribution in [1.82, 2.24) is 9.88 Å². The highest BCUT2D eigenvalue weighted by Gasteiger charge is 2.32. The van der Waals surface area contributed by atoms with Crippen LogP contribution in [0.1, 0.15) is 52.7 Å². The zero-order chi connectivity index (χ0) is 27.0. The molecule has 2 N–H and O–H groups in total. The molecule has 0 fully saturated rings. The summed E-state index contributed by atoms with van der Waals surface area (Å²) in [4.78, 5) is 19.9. The molecule has 0 radical (unpaired) electrons. The number of hydrogen-bond acceptors (Lipinski definition) is 6. The molecule has 1 aromatic heterocycles. The number of pyridine rings is 1. The number of carbonyl (C=O) groups is 1. The third-order valence-electron chi connectivity index (χ3n) is 6.06. The highest BCUT2D eigenvalue weighted by atomic mass is 16.7. The molecule has 0 saturated heterocycles. The second-order valence-corrected chi connectivity index (χ2v) is 10.2. The number of nitrogens with zero attached hydrogens (tertiary/aromatic N) is 2. The molecule has 0 spiro atoms. The van der Waals surface area contributed by atoms with Crippen molar-refractivity contribution in [2.75, 3.05) is 13.2 Å². The Morgan fingerprint density at radius 2 is 1.70 bits per heavy atom. The number of rotatable bonds is 12. The molecule has 0 aliphatic rings. The predicted octanol–water partition coefficient (Wildman–Crippen LogP) is 5.10. The summed E-state index contributed by atoms with van der Waals surface area (Å²) in [5.41, 5.74) is 8.24. The molecule has 7 heteroatoms.